The first-order chi connectivity index (χ1) is 16.7. The summed E-state index contributed by atoms with van der Waals surface area (Å²) in [4.78, 5) is 14.1. The third-order valence-electron chi connectivity index (χ3n) is 5.96. The van der Waals surface area contributed by atoms with Crippen molar-refractivity contribution < 1.29 is 27.4 Å². The first-order valence-corrected chi connectivity index (χ1v) is 10.7. The summed E-state index contributed by atoms with van der Waals surface area (Å²) in [5.41, 5.74) is -1.33. The highest BCUT2D eigenvalue weighted by atomic mass is 19.4. The number of benzene rings is 3. The lowest BCUT2D eigenvalue weighted by Crippen LogP contribution is -2.62. The third kappa shape index (κ3) is 4.47. The van der Waals surface area contributed by atoms with Gasteiger partial charge in [0.05, 0.1) is 26.5 Å². The van der Waals surface area contributed by atoms with Gasteiger partial charge < -0.3 is 14.8 Å². The number of amides is 2. The van der Waals surface area contributed by atoms with Crippen LogP contribution in [0.15, 0.2) is 66.7 Å². The van der Waals surface area contributed by atoms with E-state index in [4.69, 9.17) is 9.47 Å². The van der Waals surface area contributed by atoms with Gasteiger partial charge in [-0.2, -0.15) is 18.4 Å². The maximum absolute atomic E-state index is 14.2. The number of nitrogens with one attached hydrogen (secondary N) is 1. The molecule has 2 amide bonds. The number of hydrogen-bond acceptors (Lipinski definition) is 4. The van der Waals surface area contributed by atoms with Gasteiger partial charge in [-0.15, -0.1) is 0 Å². The topological polar surface area (TPSA) is 74.6 Å². The van der Waals surface area contributed by atoms with Gasteiger partial charge in [0, 0.05) is 5.56 Å². The summed E-state index contributed by atoms with van der Waals surface area (Å²) >= 11 is 0. The lowest BCUT2D eigenvalue weighted by molar-refractivity contribution is -0.179. The molecule has 180 valence electrons. The summed E-state index contributed by atoms with van der Waals surface area (Å²) in [6.07, 6.45) is -4.69. The number of alkyl halides is 3. The molecule has 0 aliphatic carbocycles. The Balaban J connectivity index is 1.76. The molecule has 0 spiro atoms. The molecule has 1 aliphatic rings. The van der Waals surface area contributed by atoms with Gasteiger partial charge in [-0.05, 0) is 59.5 Å². The second-order valence-corrected chi connectivity index (χ2v) is 8.10. The van der Waals surface area contributed by atoms with Crippen LogP contribution in [0.3, 0.4) is 0 Å². The molecule has 1 atom stereocenters. The molecule has 0 aromatic heterocycles. The minimum Gasteiger partial charge on any atom is -0.497 e. The number of fused-ring (bicyclic) bond motifs is 1. The van der Waals surface area contributed by atoms with E-state index in [0.717, 1.165) is 5.56 Å². The quantitative estimate of drug-likeness (QED) is 0.518. The maximum Gasteiger partial charge on any atom is 0.429 e. The molecule has 0 saturated carbocycles. The third-order valence-corrected chi connectivity index (χ3v) is 5.96. The average molecular weight is 481 g/mol. The Kier molecular flexibility index (Phi) is 6.31. The highest BCUT2D eigenvalue weighted by Crippen LogP contribution is 2.46. The fourth-order valence-corrected chi connectivity index (χ4v) is 4.06. The SMILES string of the molecule is COc1ccc(Cc2ccc3c(c2)[C@@](C#N)(C(F)(F)F)NC(=O)N3Cc2ccc(OC)cc2)cc1. The molecule has 1 heterocycles. The molecule has 0 fully saturated rings. The number of carbonyl (C=O) groups is 1. The lowest BCUT2D eigenvalue weighted by Gasteiger charge is -2.40. The second-order valence-electron chi connectivity index (χ2n) is 8.10. The van der Waals surface area contributed by atoms with E-state index in [1.54, 1.807) is 49.6 Å². The van der Waals surface area contributed by atoms with Gasteiger partial charge in [0.2, 0.25) is 0 Å². The summed E-state index contributed by atoms with van der Waals surface area (Å²) in [6, 6.07) is 18.8. The Morgan fingerprint density at radius 2 is 1.46 bits per heavy atom. The number of halogens is 3. The van der Waals surface area contributed by atoms with E-state index in [2.05, 4.69) is 0 Å². The normalized spacial score (nSPS) is 17.3. The van der Waals surface area contributed by atoms with Gasteiger partial charge in [0.15, 0.2) is 0 Å². The number of ether oxygens (including phenoxy) is 2. The van der Waals surface area contributed by atoms with Crippen LogP contribution in [0.2, 0.25) is 0 Å². The molecule has 35 heavy (non-hydrogen) atoms. The molecule has 3 aromatic carbocycles. The summed E-state index contributed by atoms with van der Waals surface area (Å²) in [5, 5.41) is 11.6. The molecule has 1 aliphatic heterocycles. The van der Waals surface area contributed by atoms with E-state index in [-0.39, 0.29) is 17.8 Å². The number of nitriles is 1. The van der Waals surface area contributed by atoms with E-state index in [1.807, 2.05) is 17.4 Å². The molecule has 0 unspecified atom stereocenters. The number of hydrogen-bond donors (Lipinski definition) is 1. The van der Waals surface area contributed by atoms with Crippen molar-refractivity contribution in [2.45, 2.75) is 24.7 Å². The van der Waals surface area contributed by atoms with E-state index in [9.17, 15) is 23.2 Å². The Bertz CT molecular complexity index is 1270. The summed E-state index contributed by atoms with van der Waals surface area (Å²) < 4.78 is 53.0. The van der Waals surface area contributed by atoms with Crippen LogP contribution in [-0.2, 0) is 18.5 Å². The monoisotopic (exact) mass is 481 g/mol. The van der Waals surface area contributed by atoms with Crippen LogP contribution in [0.25, 0.3) is 0 Å². The number of anilines is 1. The van der Waals surface area contributed by atoms with Crippen LogP contribution in [0.5, 0.6) is 11.5 Å². The lowest BCUT2D eigenvalue weighted by atomic mass is 9.85. The molecular weight excluding hydrogens is 459 g/mol. The highest BCUT2D eigenvalue weighted by molar-refractivity contribution is 5.97. The van der Waals surface area contributed by atoms with Gasteiger partial charge >= 0.3 is 12.2 Å². The predicted molar refractivity (Wildman–Crippen MR) is 123 cm³/mol. The van der Waals surface area contributed by atoms with Crippen LogP contribution in [-0.4, -0.2) is 26.4 Å². The van der Waals surface area contributed by atoms with Gasteiger partial charge in [-0.1, -0.05) is 30.3 Å². The fourth-order valence-electron chi connectivity index (χ4n) is 4.06. The van der Waals surface area contributed by atoms with Crippen molar-refractivity contribution in [3.63, 3.8) is 0 Å². The Hall–Kier alpha value is -4.19. The Morgan fingerprint density at radius 1 is 0.914 bits per heavy atom. The van der Waals surface area contributed by atoms with Crippen molar-refractivity contribution in [3.8, 4) is 17.6 Å². The largest absolute Gasteiger partial charge is 0.497 e. The van der Waals surface area contributed by atoms with Crippen LogP contribution < -0.4 is 19.7 Å². The van der Waals surface area contributed by atoms with Crippen molar-refractivity contribution in [3.05, 3.63) is 89.0 Å². The van der Waals surface area contributed by atoms with E-state index < -0.39 is 17.7 Å². The zero-order valence-corrected chi connectivity index (χ0v) is 19.0. The van der Waals surface area contributed by atoms with Gasteiger partial charge in [-0.3, -0.25) is 4.90 Å². The number of rotatable bonds is 6. The Morgan fingerprint density at radius 3 is 1.97 bits per heavy atom. The predicted octanol–water partition coefficient (Wildman–Crippen LogP) is 5.31. The molecule has 3 aromatic rings. The molecule has 4 rings (SSSR count). The first-order valence-electron chi connectivity index (χ1n) is 10.7. The summed E-state index contributed by atoms with van der Waals surface area (Å²) in [7, 11) is 3.06. The van der Waals surface area contributed by atoms with E-state index >= 15 is 0 Å². The van der Waals surface area contributed by atoms with Crippen LogP contribution in [0, 0.1) is 11.3 Å². The fraction of sp³-hybridized carbons (Fsp3) is 0.231. The minimum absolute atomic E-state index is 0.0139. The first kappa shape index (κ1) is 24.0. The molecule has 0 radical (unpaired) electrons. The van der Waals surface area contributed by atoms with Crippen LogP contribution in [0.4, 0.5) is 23.7 Å². The van der Waals surface area contributed by atoms with E-state index in [1.165, 1.54) is 30.2 Å². The highest BCUT2D eigenvalue weighted by Gasteiger charge is 2.61. The number of nitrogens with zero attached hydrogens (tertiary/aromatic N) is 2. The Labute approximate surface area is 200 Å². The van der Waals surface area contributed by atoms with Crippen LogP contribution >= 0.6 is 0 Å². The maximum atomic E-state index is 14.2. The summed E-state index contributed by atoms with van der Waals surface area (Å²) in [6.45, 7) is 0.0139. The number of carbonyl (C=O) groups excluding carboxylic acids is 1. The van der Waals surface area contributed by atoms with Crippen molar-refractivity contribution in [1.82, 2.24) is 5.32 Å². The molecule has 1 N–H and O–H groups in total. The van der Waals surface area contributed by atoms with Crippen molar-refractivity contribution in [2.75, 3.05) is 19.1 Å². The molecular formula is C26H22F3N3O3. The second kappa shape index (κ2) is 9.22. The zero-order chi connectivity index (χ0) is 25.2. The van der Waals surface area contributed by atoms with Gasteiger partial charge in [0.25, 0.3) is 5.54 Å². The number of methoxy groups -OCH3 is 2. The average Bonchev–Trinajstić information content (AvgIpc) is 2.85. The molecule has 0 saturated heterocycles. The molecule has 9 heteroatoms. The van der Waals surface area contributed by atoms with Crippen molar-refractivity contribution >= 4 is 11.7 Å². The van der Waals surface area contributed by atoms with Crippen molar-refractivity contribution in [2.24, 2.45) is 0 Å². The van der Waals surface area contributed by atoms with E-state index in [0.29, 0.717) is 29.0 Å². The molecule has 6 nitrogen and oxygen atoms in total. The number of urea groups is 1. The zero-order valence-electron chi connectivity index (χ0n) is 19.0. The minimum atomic E-state index is -5.03. The summed E-state index contributed by atoms with van der Waals surface area (Å²) in [5.74, 6) is 1.28. The van der Waals surface area contributed by atoms with Gasteiger partial charge in [-0.25, -0.2) is 4.79 Å². The smallest absolute Gasteiger partial charge is 0.429 e. The molecule has 0 bridgehead atoms. The van der Waals surface area contributed by atoms with Crippen molar-refractivity contribution in [1.29, 1.82) is 5.26 Å². The standard InChI is InChI=1S/C26H22F3N3O3/c1-34-20-8-3-17(4-9-20)13-19-7-12-23-22(14-19)25(16-30,26(27,28)29)31-24(33)32(23)15-18-5-10-21(35-2)11-6-18/h3-12,14H,13,15H2,1-2H3,(H,31,33)/t25-/m0/s1. The van der Waals surface area contributed by atoms with Crippen LogP contribution in [0.1, 0.15) is 22.3 Å². The van der Waals surface area contributed by atoms with Gasteiger partial charge in [0.1, 0.15) is 17.6 Å².